The third kappa shape index (κ3) is 8.57. The van der Waals surface area contributed by atoms with Crippen LogP contribution in [0, 0.1) is 0 Å². The minimum atomic E-state index is -0.567. The average Bonchev–Trinajstić information content (AvgIpc) is 3.16. The Kier molecular flexibility index (Phi) is 11.6. The van der Waals surface area contributed by atoms with E-state index in [0.717, 1.165) is 31.2 Å². The summed E-state index contributed by atoms with van der Waals surface area (Å²) in [6, 6.07) is 7.73. The predicted octanol–water partition coefficient (Wildman–Crippen LogP) is 1.06. The van der Waals surface area contributed by atoms with E-state index in [4.69, 9.17) is 5.73 Å². The van der Waals surface area contributed by atoms with Gasteiger partial charge in [0.1, 0.15) is 0 Å². The van der Waals surface area contributed by atoms with Gasteiger partial charge >= 0.3 is 0 Å². The highest BCUT2D eigenvalue weighted by molar-refractivity contribution is 14.0. The van der Waals surface area contributed by atoms with Crippen LogP contribution in [0.3, 0.4) is 0 Å². The maximum absolute atomic E-state index is 11.9. The normalized spacial score (nSPS) is 16.8. The van der Waals surface area contributed by atoms with Crippen molar-refractivity contribution in [3.05, 3.63) is 35.4 Å². The van der Waals surface area contributed by atoms with Crippen LogP contribution in [0.5, 0.6) is 0 Å². The van der Waals surface area contributed by atoms with Crippen molar-refractivity contribution in [2.75, 3.05) is 32.7 Å². The van der Waals surface area contributed by atoms with Crippen LogP contribution in [0.15, 0.2) is 29.3 Å². The number of likely N-dealkylation sites (N-methyl/N-ethyl adjacent to an activating group) is 1. The molecule has 162 valence electrons. The van der Waals surface area contributed by atoms with E-state index in [0.29, 0.717) is 18.2 Å². The van der Waals surface area contributed by atoms with Crippen molar-refractivity contribution in [1.82, 2.24) is 20.9 Å². The Balaban J connectivity index is 0.00000420. The van der Waals surface area contributed by atoms with Crippen molar-refractivity contribution in [2.24, 2.45) is 10.7 Å². The summed E-state index contributed by atoms with van der Waals surface area (Å²) in [5.41, 5.74) is 6.52. The Morgan fingerprint density at radius 1 is 1.17 bits per heavy atom. The van der Waals surface area contributed by atoms with Gasteiger partial charge < -0.3 is 21.7 Å². The topological polar surface area (TPSA) is 112 Å². The largest absolute Gasteiger partial charge is 0.368 e. The number of guanidine groups is 1. The number of amides is 2. The molecule has 0 aromatic heterocycles. The van der Waals surface area contributed by atoms with Crippen molar-refractivity contribution in [2.45, 2.75) is 39.3 Å². The first-order chi connectivity index (χ1) is 13.5. The monoisotopic (exact) mass is 516 g/mol. The van der Waals surface area contributed by atoms with E-state index in [9.17, 15) is 9.59 Å². The molecule has 1 aliphatic heterocycles. The maximum Gasteiger partial charge on any atom is 0.251 e. The first kappa shape index (κ1) is 25.2. The lowest BCUT2D eigenvalue weighted by Crippen LogP contribution is -2.44. The van der Waals surface area contributed by atoms with Crippen LogP contribution in [-0.2, 0) is 11.3 Å². The van der Waals surface area contributed by atoms with Crippen molar-refractivity contribution in [3.63, 3.8) is 0 Å². The lowest BCUT2D eigenvalue weighted by Gasteiger charge is -2.24. The maximum atomic E-state index is 11.9. The number of carbonyl (C=O) groups excluding carboxylic acids is 2. The number of carbonyl (C=O) groups is 2. The van der Waals surface area contributed by atoms with Crippen LogP contribution in [-0.4, -0.2) is 61.4 Å². The molecule has 1 aromatic rings. The SMILES string of the molecule is CCNC(=NCc1ccc(C(=O)NCC(N)=O)cc1)NCC1CCCN1CC.I. The number of nitrogens with zero attached hydrogens (tertiary/aromatic N) is 2. The van der Waals surface area contributed by atoms with Crippen LogP contribution in [0.4, 0.5) is 0 Å². The van der Waals surface area contributed by atoms with Gasteiger partial charge in [0.15, 0.2) is 5.96 Å². The molecule has 2 rings (SSSR count). The Hall–Kier alpha value is -1.88. The molecule has 29 heavy (non-hydrogen) atoms. The number of likely N-dealkylation sites (tertiary alicyclic amines) is 1. The average molecular weight is 516 g/mol. The van der Waals surface area contributed by atoms with Gasteiger partial charge in [-0.05, 0) is 50.6 Å². The summed E-state index contributed by atoms with van der Waals surface area (Å²) in [6.45, 7) is 8.54. The molecule has 2 amide bonds. The summed E-state index contributed by atoms with van der Waals surface area (Å²) in [5, 5.41) is 9.19. The standard InChI is InChI=1S/C20H32N6O2.HI/c1-3-22-20(25-13-17-6-5-11-26(17)4-2)24-12-15-7-9-16(10-8-15)19(28)23-14-18(21)27;/h7-10,17H,3-6,11-14H2,1-2H3,(H2,21,27)(H,23,28)(H2,22,24,25);1H. The van der Waals surface area contributed by atoms with Gasteiger partial charge in [0, 0.05) is 24.7 Å². The van der Waals surface area contributed by atoms with Gasteiger partial charge in [-0.25, -0.2) is 4.99 Å². The van der Waals surface area contributed by atoms with Crippen molar-refractivity contribution in [1.29, 1.82) is 0 Å². The fraction of sp³-hybridized carbons (Fsp3) is 0.550. The highest BCUT2D eigenvalue weighted by Crippen LogP contribution is 2.15. The number of nitrogens with two attached hydrogens (primary N) is 1. The number of hydrogen-bond acceptors (Lipinski definition) is 4. The van der Waals surface area contributed by atoms with Gasteiger partial charge in [0.2, 0.25) is 5.91 Å². The summed E-state index contributed by atoms with van der Waals surface area (Å²) in [6.07, 6.45) is 2.48. The quantitative estimate of drug-likeness (QED) is 0.223. The molecule has 1 unspecified atom stereocenters. The van der Waals surface area contributed by atoms with Gasteiger partial charge in [0.25, 0.3) is 5.91 Å². The van der Waals surface area contributed by atoms with Crippen LogP contribution < -0.4 is 21.7 Å². The van der Waals surface area contributed by atoms with Gasteiger partial charge in [-0.2, -0.15) is 0 Å². The fourth-order valence-electron chi connectivity index (χ4n) is 3.30. The van der Waals surface area contributed by atoms with E-state index in [1.165, 1.54) is 19.4 Å². The second-order valence-corrected chi connectivity index (χ2v) is 6.85. The van der Waals surface area contributed by atoms with E-state index >= 15 is 0 Å². The van der Waals surface area contributed by atoms with Gasteiger partial charge in [-0.1, -0.05) is 19.1 Å². The first-order valence-electron chi connectivity index (χ1n) is 9.95. The number of nitrogens with one attached hydrogen (secondary N) is 3. The highest BCUT2D eigenvalue weighted by atomic mass is 127. The molecule has 5 N–H and O–H groups in total. The minimum Gasteiger partial charge on any atom is -0.368 e. The fourth-order valence-corrected chi connectivity index (χ4v) is 3.30. The third-order valence-corrected chi connectivity index (χ3v) is 4.81. The highest BCUT2D eigenvalue weighted by Gasteiger charge is 2.22. The Bertz CT molecular complexity index is 680. The van der Waals surface area contributed by atoms with Gasteiger partial charge in [-0.15, -0.1) is 24.0 Å². The molecule has 9 heteroatoms. The second kappa shape index (κ2) is 13.4. The van der Waals surface area contributed by atoms with E-state index < -0.39 is 5.91 Å². The Labute approximate surface area is 190 Å². The van der Waals surface area contributed by atoms with Gasteiger partial charge in [-0.3, -0.25) is 14.5 Å². The summed E-state index contributed by atoms with van der Waals surface area (Å²) in [7, 11) is 0. The summed E-state index contributed by atoms with van der Waals surface area (Å²) < 4.78 is 0. The van der Waals surface area contributed by atoms with E-state index in [1.807, 2.05) is 19.1 Å². The molecule has 0 aliphatic carbocycles. The zero-order valence-electron chi connectivity index (χ0n) is 17.2. The van der Waals surface area contributed by atoms with Crippen LogP contribution in [0.1, 0.15) is 42.6 Å². The molecule has 1 aliphatic rings. The lowest BCUT2D eigenvalue weighted by atomic mass is 10.1. The number of hydrogen-bond donors (Lipinski definition) is 4. The number of primary amides is 1. The number of aliphatic imine (C=N–C) groups is 1. The van der Waals surface area contributed by atoms with Gasteiger partial charge in [0.05, 0.1) is 13.1 Å². The molecule has 1 aromatic carbocycles. The molecule has 0 radical (unpaired) electrons. The lowest BCUT2D eigenvalue weighted by molar-refractivity contribution is -0.117. The molecule has 1 heterocycles. The Morgan fingerprint density at radius 3 is 2.52 bits per heavy atom. The van der Waals surface area contributed by atoms with E-state index in [2.05, 4.69) is 32.8 Å². The number of benzene rings is 1. The Morgan fingerprint density at radius 2 is 1.90 bits per heavy atom. The van der Waals surface area contributed by atoms with Crippen LogP contribution in [0.2, 0.25) is 0 Å². The molecule has 0 saturated carbocycles. The summed E-state index contributed by atoms with van der Waals surface area (Å²) in [5.74, 6) is -0.0861. The minimum absolute atomic E-state index is 0. The van der Waals surface area contributed by atoms with Crippen LogP contribution in [0.25, 0.3) is 0 Å². The van der Waals surface area contributed by atoms with E-state index in [1.54, 1.807) is 12.1 Å². The summed E-state index contributed by atoms with van der Waals surface area (Å²) >= 11 is 0. The third-order valence-electron chi connectivity index (χ3n) is 4.81. The smallest absolute Gasteiger partial charge is 0.251 e. The molecule has 0 spiro atoms. The molecule has 1 atom stereocenters. The summed E-state index contributed by atoms with van der Waals surface area (Å²) in [4.78, 5) is 29.8. The molecule has 0 bridgehead atoms. The zero-order valence-corrected chi connectivity index (χ0v) is 19.6. The molecule has 8 nitrogen and oxygen atoms in total. The molecule has 1 saturated heterocycles. The van der Waals surface area contributed by atoms with E-state index in [-0.39, 0.29) is 36.4 Å². The van der Waals surface area contributed by atoms with Crippen molar-refractivity contribution < 1.29 is 9.59 Å². The predicted molar refractivity (Wildman–Crippen MR) is 126 cm³/mol. The zero-order chi connectivity index (χ0) is 20.4. The molecule has 1 fully saturated rings. The van der Waals surface area contributed by atoms with Crippen molar-refractivity contribution in [3.8, 4) is 0 Å². The van der Waals surface area contributed by atoms with Crippen LogP contribution >= 0.6 is 24.0 Å². The first-order valence-corrected chi connectivity index (χ1v) is 9.95. The number of rotatable bonds is 9. The second-order valence-electron chi connectivity index (χ2n) is 6.85. The molecular formula is C20H33IN6O2. The van der Waals surface area contributed by atoms with Crippen molar-refractivity contribution >= 4 is 41.8 Å². The molecular weight excluding hydrogens is 483 g/mol. The number of halogens is 1.